The summed E-state index contributed by atoms with van der Waals surface area (Å²) < 4.78 is 0. The topological polar surface area (TPSA) is 69.6 Å². The van der Waals surface area contributed by atoms with Crippen molar-refractivity contribution in [1.29, 1.82) is 0 Å². The van der Waals surface area contributed by atoms with Crippen molar-refractivity contribution in [1.82, 2.24) is 10.2 Å². The van der Waals surface area contributed by atoms with Gasteiger partial charge in [0.15, 0.2) is 0 Å². The van der Waals surface area contributed by atoms with Crippen LogP contribution < -0.4 is 5.32 Å². The van der Waals surface area contributed by atoms with Crippen LogP contribution in [0.4, 0.5) is 4.79 Å². The standard InChI is InChI=1S/C14H24N2O3/c1-3-12-7-4-9(2)16(12)14(19)15-11-6-5-10(8-11)13(17)18/h9-12H,3-8H2,1-2H3,(H,15,19)(H,17,18)/t9?,10-,11+,12?/m1/s1. The van der Waals surface area contributed by atoms with E-state index >= 15 is 0 Å². The molecule has 2 aliphatic rings. The highest BCUT2D eigenvalue weighted by atomic mass is 16.4. The van der Waals surface area contributed by atoms with Gasteiger partial charge in [0, 0.05) is 18.1 Å². The third-order valence-corrected chi connectivity index (χ3v) is 4.60. The molecule has 0 aromatic heterocycles. The van der Waals surface area contributed by atoms with E-state index in [2.05, 4.69) is 19.2 Å². The van der Waals surface area contributed by atoms with Gasteiger partial charge in [0.2, 0.25) is 0 Å². The summed E-state index contributed by atoms with van der Waals surface area (Å²) in [5.74, 6) is -1.03. The van der Waals surface area contributed by atoms with Crippen LogP contribution in [0.2, 0.25) is 0 Å². The van der Waals surface area contributed by atoms with Gasteiger partial charge in [-0.15, -0.1) is 0 Å². The Bertz CT molecular complexity index is 359. The van der Waals surface area contributed by atoms with Gasteiger partial charge in [0.05, 0.1) is 5.92 Å². The van der Waals surface area contributed by atoms with Crippen LogP contribution in [-0.4, -0.2) is 40.1 Å². The first-order valence-corrected chi connectivity index (χ1v) is 7.34. The number of rotatable bonds is 3. The van der Waals surface area contributed by atoms with E-state index in [-0.39, 0.29) is 18.0 Å². The van der Waals surface area contributed by atoms with E-state index in [0.29, 0.717) is 24.9 Å². The minimum Gasteiger partial charge on any atom is -0.481 e. The van der Waals surface area contributed by atoms with Gasteiger partial charge in [-0.25, -0.2) is 4.79 Å². The zero-order chi connectivity index (χ0) is 14.0. The molecule has 0 aromatic rings. The van der Waals surface area contributed by atoms with Gasteiger partial charge in [-0.3, -0.25) is 4.79 Å². The zero-order valence-corrected chi connectivity index (χ0v) is 11.8. The number of nitrogens with one attached hydrogen (secondary N) is 1. The molecule has 2 fully saturated rings. The number of amides is 2. The molecule has 1 heterocycles. The van der Waals surface area contributed by atoms with Crippen molar-refractivity contribution in [3.05, 3.63) is 0 Å². The van der Waals surface area contributed by atoms with Gasteiger partial charge in [0.1, 0.15) is 0 Å². The maximum atomic E-state index is 12.3. The first kappa shape index (κ1) is 14.2. The number of carboxylic acids is 1. The lowest BCUT2D eigenvalue weighted by atomic mass is 10.1. The minimum absolute atomic E-state index is 0.00658. The average molecular weight is 268 g/mol. The van der Waals surface area contributed by atoms with Crippen LogP contribution >= 0.6 is 0 Å². The Labute approximate surface area is 114 Å². The lowest BCUT2D eigenvalue weighted by Gasteiger charge is -2.29. The molecular weight excluding hydrogens is 244 g/mol. The van der Waals surface area contributed by atoms with Gasteiger partial charge in [-0.2, -0.15) is 0 Å². The summed E-state index contributed by atoms with van der Waals surface area (Å²) in [7, 11) is 0. The van der Waals surface area contributed by atoms with Crippen LogP contribution in [0.5, 0.6) is 0 Å². The number of hydrogen-bond donors (Lipinski definition) is 2. The molecule has 0 spiro atoms. The molecule has 5 heteroatoms. The number of carbonyl (C=O) groups is 2. The molecule has 0 radical (unpaired) electrons. The quantitative estimate of drug-likeness (QED) is 0.824. The summed E-state index contributed by atoms with van der Waals surface area (Å²) in [5, 5.41) is 12.0. The molecule has 1 saturated carbocycles. The Balaban J connectivity index is 1.89. The minimum atomic E-state index is -0.738. The molecule has 108 valence electrons. The van der Waals surface area contributed by atoms with E-state index in [1.54, 1.807) is 0 Å². The summed E-state index contributed by atoms with van der Waals surface area (Å²) in [6.07, 6.45) is 5.15. The van der Waals surface area contributed by atoms with Crippen LogP contribution in [0.25, 0.3) is 0 Å². The lowest BCUT2D eigenvalue weighted by Crippen LogP contribution is -2.48. The third-order valence-electron chi connectivity index (χ3n) is 4.60. The van der Waals surface area contributed by atoms with Crippen molar-refractivity contribution >= 4 is 12.0 Å². The molecule has 4 atom stereocenters. The molecular formula is C14H24N2O3. The van der Waals surface area contributed by atoms with E-state index in [4.69, 9.17) is 5.11 Å². The summed E-state index contributed by atoms with van der Waals surface area (Å²) in [6, 6.07) is 0.653. The predicted molar refractivity (Wildman–Crippen MR) is 71.9 cm³/mol. The van der Waals surface area contributed by atoms with Crippen LogP contribution in [0.1, 0.15) is 52.4 Å². The molecule has 19 heavy (non-hydrogen) atoms. The molecule has 0 bridgehead atoms. The SMILES string of the molecule is CCC1CCC(C)N1C(=O)N[C@H]1CC[C@@H](C(=O)O)C1. The largest absolute Gasteiger partial charge is 0.481 e. The van der Waals surface area contributed by atoms with Crippen molar-refractivity contribution in [3.8, 4) is 0 Å². The maximum Gasteiger partial charge on any atom is 0.318 e. The van der Waals surface area contributed by atoms with Crippen LogP contribution in [-0.2, 0) is 4.79 Å². The number of aliphatic carboxylic acids is 1. The molecule has 0 aromatic carbocycles. The second-order valence-electron chi connectivity index (χ2n) is 5.89. The highest BCUT2D eigenvalue weighted by Crippen LogP contribution is 2.28. The smallest absolute Gasteiger partial charge is 0.318 e. The van der Waals surface area contributed by atoms with Gasteiger partial charge < -0.3 is 15.3 Å². The van der Waals surface area contributed by atoms with Crippen molar-refractivity contribution in [2.45, 2.75) is 70.5 Å². The number of carbonyl (C=O) groups excluding carboxylic acids is 1. The van der Waals surface area contributed by atoms with E-state index in [1.807, 2.05) is 4.90 Å². The van der Waals surface area contributed by atoms with Crippen LogP contribution in [0.3, 0.4) is 0 Å². The Morgan fingerprint density at radius 2 is 2.00 bits per heavy atom. The monoisotopic (exact) mass is 268 g/mol. The molecule has 5 nitrogen and oxygen atoms in total. The second-order valence-corrected chi connectivity index (χ2v) is 5.89. The lowest BCUT2D eigenvalue weighted by molar-refractivity contribution is -0.141. The number of nitrogens with zero attached hydrogens (tertiary/aromatic N) is 1. The molecule has 2 N–H and O–H groups in total. The molecule has 1 saturated heterocycles. The van der Waals surface area contributed by atoms with E-state index < -0.39 is 5.97 Å². The fourth-order valence-corrected chi connectivity index (χ4v) is 3.42. The van der Waals surface area contributed by atoms with Gasteiger partial charge in [-0.1, -0.05) is 6.92 Å². The molecule has 1 aliphatic carbocycles. The van der Waals surface area contributed by atoms with Gasteiger partial charge in [-0.05, 0) is 45.4 Å². The van der Waals surface area contributed by atoms with Crippen molar-refractivity contribution in [2.24, 2.45) is 5.92 Å². The molecule has 2 amide bonds. The fraction of sp³-hybridized carbons (Fsp3) is 0.857. The van der Waals surface area contributed by atoms with E-state index in [0.717, 1.165) is 25.7 Å². The van der Waals surface area contributed by atoms with E-state index in [1.165, 1.54) is 0 Å². The molecule has 2 unspecified atom stereocenters. The Hall–Kier alpha value is -1.26. The Morgan fingerprint density at radius 3 is 2.58 bits per heavy atom. The van der Waals surface area contributed by atoms with Gasteiger partial charge >= 0.3 is 12.0 Å². The maximum absolute atomic E-state index is 12.3. The first-order chi connectivity index (χ1) is 9.02. The number of urea groups is 1. The number of likely N-dealkylation sites (tertiary alicyclic amines) is 1. The normalized spacial score (nSPS) is 34.5. The number of hydrogen-bond acceptors (Lipinski definition) is 2. The molecule has 2 rings (SSSR count). The Kier molecular flexibility index (Phi) is 4.32. The van der Waals surface area contributed by atoms with Crippen LogP contribution in [0.15, 0.2) is 0 Å². The van der Waals surface area contributed by atoms with Crippen LogP contribution in [0, 0.1) is 5.92 Å². The summed E-state index contributed by atoms with van der Waals surface area (Å²) in [4.78, 5) is 25.2. The van der Waals surface area contributed by atoms with Crippen molar-refractivity contribution in [3.63, 3.8) is 0 Å². The van der Waals surface area contributed by atoms with E-state index in [9.17, 15) is 9.59 Å². The number of carboxylic acid groups (broad SMARTS) is 1. The highest BCUT2D eigenvalue weighted by molar-refractivity contribution is 5.76. The first-order valence-electron chi connectivity index (χ1n) is 7.34. The highest BCUT2D eigenvalue weighted by Gasteiger charge is 2.36. The average Bonchev–Trinajstić information content (AvgIpc) is 2.95. The Morgan fingerprint density at radius 1 is 1.26 bits per heavy atom. The predicted octanol–water partition coefficient (Wildman–Crippen LogP) is 2.21. The van der Waals surface area contributed by atoms with Crippen molar-refractivity contribution < 1.29 is 14.7 Å². The second kappa shape index (κ2) is 5.80. The van der Waals surface area contributed by atoms with Gasteiger partial charge in [0.25, 0.3) is 0 Å². The summed E-state index contributed by atoms with van der Waals surface area (Å²) >= 11 is 0. The zero-order valence-electron chi connectivity index (χ0n) is 11.8. The fourth-order valence-electron chi connectivity index (χ4n) is 3.42. The van der Waals surface area contributed by atoms with Crippen molar-refractivity contribution in [2.75, 3.05) is 0 Å². The third kappa shape index (κ3) is 3.01. The summed E-state index contributed by atoms with van der Waals surface area (Å²) in [5.41, 5.74) is 0. The molecule has 1 aliphatic heterocycles. The summed E-state index contributed by atoms with van der Waals surface area (Å²) in [6.45, 7) is 4.20.